The lowest BCUT2D eigenvalue weighted by Gasteiger charge is -2.10. The van der Waals surface area contributed by atoms with Gasteiger partial charge in [-0.05, 0) is 22.0 Å². The van der Waals surface area contributed by atoms with Crippen molar-refractivity contribution >= 4 is 34.0 Å². The third-order valence-electron chi connectivity index (χ3n) is 1.87. The Balaban J connectivity index is 3.14. The molecule has 0 atom stereocenters. The van der Waals surface area contributed by atoms with Gasteiger partial charge in [0.1, 0.15) is 5.75 Å². The van der Waals surface area contributed by atoms with Gasteiger partial charge in [0.25, 0.3) is 0 Å². The predicted octanol–water partition coefficient (Wildman–Crippen LogP) is 2.45. The standard InChI is InChI=1S/C10H10BrNO4/c1-15-9-4-8(12-10(14)16-2)6(5-13)3-7(9)11/h3-5H,1-2H3,(H,12,14). The van der Waals surface area contributed by atoms with Crippen molar-refractivity contribution in [1.29, 1.82) is 0 Å². The van der Waals surface area contributed by atoms with Crippen LogP contribution in [-0.2, 0) is 4.74 Å². The Labute approximate surface area is 101 Å². The lowest BCUT2D eigenvalue weighted by molar-refractivity contribution is 0.112. The van der Waals surface area contributed by atoms with E-state index in [0.29, 0.717) is 27.8 Å². The second-order valence-electron chi connectivity index (χ2n) is 2.81. The number of carbonyl (C=O) groups is 2. The number of carbonyl (C=O) groups excluding carboxylic acids is 2. The van der Waals surface area contributed by atoms with Gasteiger partial charge in [0.2, 0.25) is 0 Å². The summed E-state index contributed by atoms with van der Waals surface area (Å²) in [6.07, 6.45) is -0.0115. The first-order valence-corrected chi connectivity index (χ1v) is 5.09. The van der Waals surface area contributed by atoms with E-state index in [1.54, 1.807) is 6.07 Å². The summed E-state index contributed by atoms with van der Waals surface area (Å²) < 4.78 is 10.1. The van der Waals surface area contributed by atoms with Gasteiger partial charge in [0, 0.05) is 11.6 Å². The highest BCUT2D eigenvalue weighted by molar-refractivity contribution is 9.10. The first-order valence-electron chi connectivity index (χ1n) is 4.30. The van der Waals surface area contributed by atoms with E-state index in [-0.39, 0.29) is 0 Å². The van der Waals surface area contributed by atoms with Crippen LogP contribution in [0.25, 0.3) is 0 Å². The summed E-state index contributed by atoms with van der Waals surface area (Å²) in [5.41, 5.74) is 0.667. The molecular weight excluding hydrogens is 278 g/mol. The molecule has 0 heterocycles. The Hall–Kier alpha value is -1.56. The number of nitrogens with one attached hydrogen (secondary N) is 1. The van der Waals surface area contributed by atoms with Crippen LogP contribution in [0.15, 0.2) is 16.6 Å². The van der Waals surface area contributed by atoms with E-state index in [1.165, 1.54) is 20.3 Å². The fourth-order valence-electron chi connectivity index (χ4n) is 1.09. The van der Waals surface area contributed by atoms with Crippen molar-refractivity contribution in [3.63, 3.8) is 0 Å². The minimum absolute atomic E-state index is 0.332. The summed E-state index contributed by atoms with van der Waals surface area (Å²) >= 11 is 3.24. The molecule has 1 rings (SSSR count). The molecule has 16 heavy (non-hydrogen) atoms. The number of anilines is 1. The van der Waals surface area contributed by atoms with Crippen LogP contribution in [0.4, 0.5) is 10.5 Å². The maximum absolute atomic E-state index is 11.0. The van der Waals surface area contributed by atoms with Crippen LogP contribution in [0.2, 0.25) is 0 Å². The molecule has 5 nitrogen and oxygen atoms in total. The fraction of sp³-hybridized carbons (Fsp3) is 0.200. The third-order valence-corrected chi connectivity index (χ3v) is 2.49. The molecule has 0 saturated carbocycles. The van der Waals surface area contributed by atoms with Gasteiger partial charge in [-0.1, -0.05) is 0 Å². The molecule has 6 heteroatoms. The Kier molecular flexibility index (Phi) is 4.30. The van der Waals surface area contributed by atoms with Crippen molar-refractivity contribution in [3.8, 4) is 5.75 Å². The molecule has 1 aromatic rings. The van der Waals surface area contributed by atoms with Crippen molar-refractivity contribution in [2.75, 3.05) is 19.5 Å². The molecule has 0 aliphatic heterocycles. The van der Waals surface area contributed by atoms with Crippen LogP contribution >= 0.6 is 15.9 Å². The molecule has 1 amide bonds. The van der Waals surface area contributed by atoms with E-state index in [4.69, 9.17) is 4.74 Å². The summed E-state index contributed by atoms with van der Waals surface area (Å²) in [6, 6.07) is 3.09. The number of amides is 1. The first kappa shape index (κ1) is 12.5. The van der Waals surface area contributed by atoms with Crippen LogP contribution in [0.1, 0.15) is 10.4 Å². The molecule has 0 fully saturated rings. The van der Waals surface area contributed by atoms with Crippen LogP contribution in [0.5, 0.6) is 5.75 Å². The monoisotopic (exact) mass is 287 g/mol. The van der Waals surface area contributed by atoms with Crippen LogP contribution in [0, 0.1) is 0 Å². The zero-order valence-electron chi connectivity index (χ0n) is 8.74. The van der Waals surface area contributed by atoms with Crippen LogP contribution < -0.4 is 10.1 Å². The van der Waals surface area contributed by atoms with E-state index in [9.17, 15) is 9.59 Å². The van der Waals surface area contributed by atoms with Gasteiger partial charge in [-0.2, -0.15) is 0 Å². The van der Waals surface area contributed by atoms with Gasteiger partial charge >= 0.3 is 6.09 Å². The van der Waals surface area contributed by atoms with E-state index in [2.05, 4.69) is 26.0 Å². The summed E-state index contributed by atoms with van der Waals surface area (Å²) in [6.45, 7) is 0. The number of hydrogen-bond acceptors (Lipinski definition) is 4. The highest BCUT2D eigenvalue weighted by Crippen LogP contribution is 2.30. The predicted molar refractivity (Wildman–Crippen MR) is 62.1 cm³/mol. The topological polar surface area (TPSA) is 64.6 Å². The van der Waals surface area contributed by atoms with Crippen LogP contribution in [-0.4, -0.2) is 26.6 Å². The summed E-state index contributed by atoms with van der Waals surface area (Å²) in [5.74, 6) is 0.511. The number of aldehydes is 1. The van der Waals surface area contributed by atoms with Gasteiger partial charge < -0.3 is 9.47 Å². The molecule has 0 bridgehead atoms. The molecule has 1 N–H and O–H groups in total. The SMILES string of the molecule is COC(=O)Nc1cc(OC)c(Br)cc1C=O. The first-order chi connectivity index (χ1) is 7.62. The average molecular weight is 288 g/mol. The van der Waals surface area contributed by atoms with Gasteiger partial charge in [-0.15, -0.1) is 0 Å². The summed E-state index contributed by atoms with van der Waals surface area (Å²) in [7, 11) is 2.73. The summed E-state index contributed by atoms with van der Waals surface area (Å²) in [4.78, 5) is 21.8. The minimum atomic E-state index is -0.646. The largest absolute Gasteiger partial charge is 0.495 e. The maximum Gasteiger partial charge on any atom is 0.411 e. The number of halogens is 1. The van der Waals surface area contributed by atoms with Gasteiger partial charge in [-0.25, -0.2) is 4.79 Å². The van der Waals surface area contributed by atoms with E-state index >= 15 is 0 Å². The molecule has 0 saturated heterocycles. The van der Waals surface area contributed by atoms with E-state index in [1.807, 2.05) is 0 Å². The maximum atomic E-state index is 11.0. The summed E-state index contributed by atoms with van der Waals surface area (Å²) in [5, 5.41) is 2.42. The zero-order valence-corrected chi connectivity index (χ0v) is 10.3. The molecule has 0 unspecified atom stereocenters. The molecule has 0 aromatic heterocycles. The number of ether oxygens (including phenoxy) is 2. The van der Waals surface area contributed by atoms with Crippen molar-refractivity contribution in [2.45, 2.75) is 0 Å². The highest BCUT2D eigenvalue weighted by atomic mass is 79.9. The molecular formula is C10H10BrNO4. The van der Waals surface area contributed by atoms with Gasteiger partial charge in [0.15, 0.2) is 6.29 Å². The molecule has 0 spiro atoms. The normalized spacial score (nSPS) is 9.44. The second-order valence-corrected chi connectivity index (χ2v) is 3.66. The molecule has 0 aliphatic rings. The average Bonchev–Trinajstić information content (AvgIpc) is 2.30. The minimum Gasteiger partial charge on any atom is -0.495 e. The number of rotatable bonds is 3. The molecule has 0 radical (unpaired) electrons. The smallest absolute Gasteiger partial charge is 0.411 e. The molecule has 0 aliphatic carbocycles. The van der Waals surface area contributed by atoms with Gasteiger partial charge in [0.05, 0.1) is 24.4 Å². The Bertz CT molecular complexity index is 420. The van der Waals surface area contributed by atoms with Gasteiger partial charge in [-0.3, -0.25) is 10.1 Å². The van der Waals surface area contributed by atoms with Crippen molar-refractivity contribution in [2.24, 2.45) is 0 Å². The molecule has 1 aromatic carbocycles. The van der Waals surface area contributed by atoms with Crippen LogP contribution in [0.3, 0.4) is 0 Å². The fourth-order valence-corrected chi connectivity index (χ4v) is 1.61. The van der Waals surface area contributed by atoms with E-state index in [0.717, 1.165) is 0 Å². The second kappa shape index (κ2) is 5.50. The van der Waals surface area contributed by atoms with Crippen molar-refractivity contribution in [3.05, 3.63) is 22.2 Å². The Morgan fingerprint density at radius 2 is 2.12 bits per heavy atom. The highest BCUT2D eigenvalue weighted by Gasteiger charge is 2.11. The number of methoxy groups -OCH3 is 2. The van der Waals surface area contributed by atoms with E-state index < -0.39 is 6.09 Å². The van der Waals surface area contributed by atoms with Crippen molar-refractivity contribution in [1.82, 2.24) is 0 Å². The zero-order chi connectivity index (χ0) is 12.1. The number of hydrogen-bond donors (Lipinski definition) is 1. The third kappa shape index (κ3) is 2.73. The quantitative estimate of drug-likeness (QED) is 0.868. The lowest BCUT2D eigenvalue weighted by atomic mass is 10.2. The Morgan fingerprint density at radius 1 is 1.44 bits per heavy atom. The number of benzene rings is 1. The Morgan fingerprint density at radius 3 is 2.62 bits per heavy atom. The molecule has 86 valence electrons. The lowest BCUT2D eigenvalue weighted by Crippen LogP contribution is -2.12. The van der Waals surface area contributed by atoms with Crippen molar-refractivity contribution < 1.29 is 19.1 Å².